The van der Waals surface area contributed by atoms with Crippen molar-refractivity contribution in [2.45, 2.75) is 78.6 Å². The number of methoxy groups -OCH3 is 1. The number of hydrogen-bond donors (Lipinski definition) is 2. The van der Waals surface area contributed by atoms with Crippen LogP contribution in [-0.2, 0) is 13.0 Å². The maximum atomic E-state index is 15.7. The number of guanidine groups is 1. The summed E-state index contributed by atoms with van der Waals surface area (Å²) in [5.74, 6) is 1.90. The Morgan fingerprint density at radius 2 is 1.86 bits per heavy atom. The lowest BCUT2D eigenvalue weighted by Crippen LogP contribution is -2.59. The molecule has 0 unspecified atom stereocenters. The Morgan fingerprint density at radius 3 is 2.52 bits per heavy atom. The lowest BCUT2D eigenvalue weighted by atomic mass is 9.45. The van der Waals surface area contributed by atoms with E-state index in [1.165, 1.54) is 36.6 Å². The molecule has 2 aromatic carbocycles. The first-order chi connectivity index (χ1) is 20.9. The summed E-state index contributed by atoms with van der Waals surface area (Å²) in [4.78, 5) is 25.3. The third-order valence-electron chi connectivity index (χ3n) is 10.5. The number of halogens is 2. The summed E-state index contributed by atoms with van der Waals surface area (Å²) in [6, 6.07) is 8.17. The van der Waals surface area contributed by atoms with E-state index in [1.807, 2.05) is 0 Å². The van der Waals surface area contributed by atoms with E-state index in [0.717, 1.165) is 19.5 Å². The Kier molecular flexibility index (Phi) is 8.15. The third-order valence-corrected chi connectivity index (χ3v) is 10.5. The van der Waals surface area contributed by atoms with Crippen LogP contribution in [0.1, 0.15) is 53.0 Å². The maximum Gasteiger partial charge on any atom is 0.261 e. The molecule has 7 rings (SSSR count). The molecule has 2 N–H and O–H groups in total. The van der Waals surface area contributed by atoms with Crippen LogP contribution in [0.2, 0.25) is 0 Å². The normalized spacial score (nSPS) is 28.1. The van der Waals surface area contributed by atoms with Crippen LogP contribution in [0.25, 0.3) is 10.9 Å². The van der Waals surface area contributed by atoms with Gasteiger partial charge in [0.1, 0.15) is 17.4 Å². The van der Waals surface area contributed by atoms with Gasteiger partial charge in [0.15, 0.2) is 5.96 Å². The minimum atomic E-state index is -0.542. The summed E-state index contributed by atoms with van der Waals surface area (Å²) in [5.41, 5.74) is 1.07. The molecule has 3 aromatic rings. The molecule has 4 fully saturated rings. The highest BCUT2D eigenvalue weighted by atomic mass is 19.1. The van der Waals surface area contributed by atoms with Gasteiger partial charge < -0.3 is 20.3 Å². The van der Waals surface area contributed by atoms with Gasteiger partial charge in [-0.15, -0.1) is 0 Å². The van der Waals surface area contributed by atoms with Crippen molar-refractivity contribution in [2.24, 2.45) is 28.2 Å². The summed E-state index contributed by atoms with van der Waals surface area (Å²) in [6.45, 7) is 13.1. The number of nitrogens with one attached hydrogen (secondary N) is 2. The van der Waals surface area contributed by atoms with Crippen LogP contribution < -0.4 is 20.9 Å². The number of fused-ring (bicyclic) bond motifs is 3. The molecule has 10 heteroatoms. The fourth-order valence-electron chi connectivity index (χ4n) is 7.80. The highest BCUT2D eigenvalue weighted by molar-refractivity contribution is 5.96. The topological polar surface area (TPSA) is 83.8 Å². The van der Waals surface area contributed by atoms with E-state index >= 15 is 4.39 Å². The predicted octanol–water partition coefficient (Wildman–Crippen LogP) is 5.45. The number of piperazine rings is 1. The van der Waals surface area contributed by atoms with E-state index in [1.54, 1.807) is 18.2 Å². The van der Waals surface area contributed by atoms with Gasteiger partial charge in [-0.25, -0.2) is 18.8 Å². The van der Waals surface area contributed by atoms with Gasteiger partial charge in [-0.1, -0.05) is 26.8 Å². The standard InChI is InChI=1S/C34H44F2N6O2/c1-19-16-42(17-20(2)38-19)33(39-29-12-23-11-26(21(29)3)34(23,4)5)40-31-15-30-25(14-28(31)36)32(43)41(18-37-30)10-9-22-7-8-24(44-6)13-27(22)35/h7-8,13-15,18-21,23,26,29,38H,9-12,16-17H2,1-6H3,(H,39,40)/t19-,20+,21-,23+,26-,29-/m0/s1. The maximum absolute atomic E-state index is 15.7. The first-order valence-electron chi connectivity index (χ1n) is 15.8. The van der Waals surface area contributed by atoms with E-state index in [4.69, 9.17) is 9.73 Å². The number of aromatic nitrogens is 2. The van der Waals surface area contributed by atoms with Crippen LogP contribution in [0.3, 0.4) is 0 Å². The average Bonchev–Trinajstić information content (AvgIpc) is 2.97. The fraction of sp³-hybridized carbons (Fsp3) is 0.559. The molecule has 0 radical (unpaired) electrons. The molecule has 44 heavy (non-hydrogen) atoms. The summed E-state index contributed by atoms with van der Waals surface area (Å²) >= 11 is 0. The zero-order valence-corrected chi connectivity index (χ0v) is 26.5. The van der Waals surface area contributed by atoms with Crippen LogP contribution in [0.15, 0.2) is 46.4 Å². The summed E-state index contributed by atoms with van der Waals surface area (Å²) in [7, 11) is 1.48. The molecule has 3 aliphatic carbocycles. The van der Waals surface area contributed by atoms with E-state index in [9.17, 15) is 9.18 Å². The molecule has 8 nitrogen and oxygen atoms in total. The van der Waals surface area contributed by atoms with Gasteiger partial charge in [0, 0.05) is 37.8 Å². The molecule has 2 bridgehead atoms. The molecule has 1 aliphatic heterocycles. The SMILES string of the molecule is COc1ccc(CCn2cnc3cc(NC(=N[C@H]4C[C@H]5C[C@@H]([C@@H]4C)C5(C)C)N4C[C@@H](C)N[C@@H](C)C4)c(F)cc3c2=O)c(F)c1. The smallest absolute Gasteiger partial charge is 0.261 e. The molecule has 6 atom stereocenters. The van der Waals surface area contributed by atoms with E-state index in [2.05, 4.69) is 55.1 Å². The highest BCUT2D eigenvalue weighted by Gasteiger charge is 2.56. The summed E-state index contributed by atoms with van der Waals surface area (Å²) in [6.07, 6.45) is 4.03. The Balaban J connectivity index is 1.27. The molecule has 236 valence electrons. The van der Waals surface area contributed by atoms with E-state index in [0.29, 0.717) is 46.0 Å². The lowest BCUT2D eigenvalue weighted by molar-refractivity contribution is -0.108. The average molecular weight is 607 g/mol. The number of aryl methyl sites for hydroxylation is 2. The van der Waals surface area contributed by atoms with Crippen molar-refractivity contribution in [3.8, 4) is 5.75 Å². The van der Waals surface area contributed by atoms with Gasteiger partial charge >= 0.3 is 0 Å². The largest absolute Gasteiger partial charge is 0.497 e. The molecule has 0 spiro atoms. The van der Waals surface area contributed by atoms with Crippen molar-refractivity contribution in [2.75, 3.05) is 25.5 Å². The second-order valence-corrected chi connectivity index (χ2v) is 13.8. The van der Waals surface area contributed by atoms with Gasteiger partial charge in [-0.2, -0.15) is 0 Å². The minimum absolute atomic E-state index is 0.166. The van der Waals surface area contributed by atoms with Gasteiger partial charge in [0.2, 0.25) is 0 Å². The first kappa shape index (κ1) is 30.5. The minimum Gasteiger partial charge on any atom is -0.497 e. The molecule has 4 aliphatic rings. The second kappa shape index (κ2) is 11.8. The third kappa shape index (κ3) is 5.69. The second-order valence-electron chi connectivity index (χ2n) is 13.8. The molecule has 2 heterocycles. The molecule has 3 saturated carbocycles. The number of rotatable bonds is 6. The van der Waals surface area contributed by atoms with Crippen molar-refractivity contribution in [1.82, 2.24) is 19.8 Å². The lowest BCUT2D eigenvalue weighted by Gasteiger charge is -2.61. The molecular weight excluding hydrogens is 562 g/mol. The van der Waals surface area contributed by atoms with Crippen LogP contribution in [0.5, 0.6) is 5.75 Å². The van der Waals surface area contributed by atoms with E-state index < -0.39 is 11.6 Å². The number of aliphatic imine (C=N–C) groups is 1. The van der Waals surface area contributed by atoms with Crippen LogP contribution in [0.4, 0.5) is 14.5 Å². The Hall–Kier alpha value is -3.53. The van der Waals surface area contributed by atoms with Crippen molar-refractivity contribution in [3.63, 3.8) is 0 Å². The zero-order chi connectivity index (χ0) is 31.3. The quantitative estimate of drug-likeness (QED) is 0.287. The predicted molar refractivity (Wildman–Crippen MR) is 170 cm³/mol. The van der Waals surface area contributed by atoms with Crippen molar-refractivity contribution in [1.29, 1.82) is 0 Å². The van der Waals surface area contributed by atoms with Gasteiger partial charge in [-0.05, 0) is 80.0 Å². The Labute approximate surface area is 257 Å². The number of anilines is 1. The van der Waals surface area contributed by atoms with Crippen LogP contribution in [-0.4, -0.2) is 58.7 Å². The first-order valence-corrected chi connectivity index (χ1v) is 15.8. The number of ether oxygens (including phenoxy) is 1. The summed E-state index contributed by atoms with van der Waals surface area (Å²) < 4.78 is 36.6. The van der Waals surface area contributed by atoms with Crippen molar-refractivity contribution < 1.29 is 13.5 Å². The number of benzene rings is 2. The van der Waals surface area contributed by atoms with Gasteiger partial charge in [0.25, 0.3) is 5.56 Å². The van der Waals surface area contributed by atoms with Gasteiger partial charge in [0.05, 0.1) is 36.1 Å². The number of hydrogen-bond acceptors (Lipinski definition) is 5. The Bertz CT molecular complexity index is 1630. The zero-order valence-electron chi connectivity index (χ0n) is 26.5. The number of nitrogens with zero attached hydrogens (tertiary/aromatic N) is 4. The molecule has 1 aromatic heterocycles. The Morgan fingerprint density at radius 1 is 1.11 bits per heavy atom. The molecule has 0 amide bonds. The van der Waals surface area contributed by atoms with Crippen LogP contribution >= 0.6 is 0 Å². The van der Waals surface area contributed by atoms with Gasteiger partial charge in [-0.3, -0.25) is 9.36 Å². The molecule has 1 saturated heterocycles. The monoisotopic (exact) mass is 606 g/mol. The summed E-state index contributed by atoms with van der Waals surface area (Å²) in [5, 5.41) is 7.08. The highest BCUT2D eigenvalue weighted by Crippen LogP contribution is 2.61. The van der Waals surface area contributed by atoms with E-state index in [-0.39, 0.29) is 47.7 Å². The fourth-order valence-corrected chi connectivity index (χ4v) is 7.80. The van der Waals surface area contributed by atoms with Crippen molar-refractivity contribution >= 4 is 22.5 Å². The van der Waals surface area contributed by atoms with Crippen LogP contribution in [0, 0.1) is 34.8 Å². The van der Waals surface area contributed by atoms with Crippen molar-refractivity contribution in [3.05, 3.63) is 64.2 Å². The molecular formula is C34H44F2N6O2.